The van der Waals surface area contributed by atoms with Crippen LogP contribution in [0.5, 0.6) is 0 Å². The number of ether oxygens (including phenoxy) is 2. The van der Waals surface area contributed by atoms with Gasteiger partial charge in [0.1, 0.15) is 5.56 Å². The number of carbonyl (C=O) groups excluding carboxylic acids is 2. The number of nitrogens with zero attached hydrogens (tertiary/aromatic N) is 2. The average molecular weight is 447 g/mol. The molecule has 0 saturated carbocycles. The summed E-state index contributed by atoms with van der Waals surface area (Å²) in [5, 5.41) is 6.39. The lowest BCUT2D eigenvalue weighted by Gasteiger charge is -2.13. The van der Waals surface area contributed by atoms with Gasteiger partial charge in [0.15, 0.2) is 5.69 Å². The van der Waals surface area contributed by atoms with Crippen molar-refractivity contribution < 1.29 is 32.2 Å². The molecular weight excluding hydrogens is 427 g/mol. The normalized spacial score (nSPS) is 11.3. The molecule has 0 bridgehead atoms. The van der Waals surface area contributed by atoms with Crippen LogP contribution in [0.3, 0.4) is 0 Å². The molecular formula is C22H20F3N3O4. The van der Waals surface area contributed by atoms with Crippen molar-refractivity contribution in [2.75, 3.05) is 19.0 Å². The zero-order chi connectivity index (χ0) is 23.3. The first kappa shape index (κ1) is 23.0. The molecule has 10 heteroatoms. The monoisotopic (exact) mass is 447 g/mol. The highest BCUT2D eigenvalue weighted by molar-refractivity contribution is 6.04. The summed E-state index contributed by atoms with van der Waals surface area (Å²) in [6.07, 6.45) is -4.01. The number of hydrogen-bond donors (Lipinski definition) is 1. The Balaban J connectivity index is 1.81. The van der Waals surface area contributed by atoms with E-state index in [0.29, 0.717) is 22.5 Å². The largest absolute Gasteiger partial charge is 0.462 e. The smallest absolute Gasteiger partial charge is 0.434 e. The average Bonchev–Trinajstić information content (AvgIpc) is 3.21. The third kappa shape index (κ3) is 5.14. The van der Waals surface area contributed by atoms with Crippen LogP contribution in [0.1, 0.15) is 38.9 Å². The molecule has 0 radical (unpaired) electrons. The number of nitrogens with one attached hydrogen (secondary N) is 1. The van der Waals surface area contributed by atoms with E-state index >= 15 is 0 Å². The molecule has 1 heterocycles. The van der Waals surface area contributed by atoms with Gasteiger partial charge in [0.2, 0.25) is 0 Å². The van der Waals surface area contributed by atoms with Gasteiger partial charge < -0.3 is 14.8 Å². The molecule has 7 nitrogen and oxygen atoms in total. The van der Waals surface area contributed by atoms with Gasteiger partial charge in [0.05, 0.1) is 25.1 Å². The van der Waals surface area contributed by atoms with E-state index in [0.717, 1.165) is 11.8 Å². The fourth-order valence-electron chi connectivity index (χ4n) is 2.98. The molecule has 0 aliphatic heterocycles. The Hall–Kier alpha value is -3.66. The molecule has 0 unspecified atom stereocenters. The Morgan fingerprint density at radius 1 is 1.06 bits per heavy atom. The standard InChI is InChI=1S/C22H20F3N3O4/c1-3-32-21(30)18-12-26-28(19(18)22(23,24)25)17-10-8-16(9-11-17)27-20(29)15-6-4-14(5-7-15)13-31-2/h4-12H,3,13H2,1-2H3,(H,27,29). The van der Waals surface area contributed by atoms with Crippen LogP contribution in [0.4, 0.5) is 18.9 Å². The number of rotatable bonds is 7. The van der Waals surface area contributed by atoms with Gasteiger partial charge >= 0.3 is 12.1 Å². The first-order valence-electron chi connectivity index (χ1n) is 9.56. The van der Waals surface area contributed by atoms with Crippen LogP contribution < -0.4 is 5.32 Å². The molecule has 0 atom stereocenters. The molecule has 168 valence electrons. The Kier molecular flexibility index (Phi) is 6.94. The van der Waals surface area contributed by atoms with Crippen LogP contribution in [-0.4, -0.2) is 35.4 Å². The molecule has 1 N–H and O–H groups in total. The van der Waals surface area contributed by atoms with Gasteiger partial charge in [-0.05, 0) is 48.9 Å². The van der Waals surface area contributed by atoms with Crippen molar-refractivity contribution in [3.63, 3.8) is 0 Å². The Morgan fingerprint density at radius 3 is 2.28 bits per heavy atom. The molecule has 3 aromatic rings. The van der Waals surface area contributed by atoms with Gasteiger partial charge in [-0.25, -0.2) is 9.48 Å². The van der Waals surface area contributed by atoms with Crippen molar-refractivity contribution in [1.82, 2.24) is 9.78 Å². The molecule has 32 heavy (non-hydrogen) atoms. The molecule has 1 aromatic heterocycles. The predicted octanol–water partition coefficient (Wildman–Crippen LogP) is 4.47. The first-order chi connectivity index (χ1) is 15.2. The highest BCUT2D eigenvalue weighted by atomic mass is 19.4. The highest BCUT2D eigenvalue weighted by Crippen LogP contribution is 2.34. The van der Waals surface area contributed by atoms with Gasteiger partial charge in [-0.1, -0.05) is 12.1 Å². The van der Waals surface area contributed by atoms with Crippen LogP contribution in [0.25, 0.3) is 5.69 Å². The van der Waals surface area contributed by atoms with Crippen LogP contribution in [-0.2, 0) is 22.3 Å². The number of halogens is 3. The lowest BCUT2D eigenvalue weighted by Crippen LogP contribution is -2.18. The zero-order valence-electron chi connectivity index (χ0n) is 17.3. The lowest BCUT2D eigenvalue weighted by atomic mass is 10.1. The van der Waals surface area contributed by atoms with E-state index in [1.165, 1.54) is 31.2 Å². The molecule has 3 rings (SSSR count). The van der Waals surface area contributed by atoms with Crippen molar-refractivity contribution in [1.29, 1.82) is 0 Å². The van der Waals surface area contributed by atoms with E-state index in [1.807, 2.05) is 0 Å². The second kappa shape index (κ2) is 9.65. The quantitative estimate of drug-likeness (QED) is 0.541. The lowest BCUT2D eigenvalue weighted by molar-refractivity contribution is -0.143. The van der Waals surface area contributed by atoms with E-state index in [4.69, 9.17) is 9.47 Å². The fourth-order valence-corrected chi connectivity index (χ4v) is 2.98. The first-order valence-corrected chi connectivity index (χ1v) is 9.56. The van der Waals surface area contributed by atoms with Crippen molar-refractivity contribution in [2.24, 2.45) is 0 Å². The van der Waals surface area contributed by atoms with Gasteiger partial charge in [0, 0.05) is 18.4 Å². The van der Waals surface area contributed by atoms with Crippen molar-refractivity contribution in [2.45, 2.75) is 19.7 Å². The minimum absolute atomic E-state index is 0.0646. The Morgan fingerprint density at radius 2 is 1.72 bits per heavy atom. The van der Waals surface area contributed by atoms with Crippen molar-refractivity contribution >= 4 is 17.6 Å². The Labute approximate surface area is 181 Å². The molecule has 0 saturated heterocycles. The predicted molar refractivity (Wildman–Crippen MR) is 110 cm³/mol. The number of amides is 1. The summed E-state index contributed by atoms with van der Waals surface area (Å²) in [5.41, 5.74) is -0.131. The van der Waals surface area contributed by atoms with Gasteiger partial charge in [-0.15, -0.1) is 0 Å². The summed E-state index contributed by atoms with van der Waals surface area (Å²) in [6, 6.07) is 12.4. The number of alkyl halides is 3. The number of methoxy groups -OCH3 is 1. The number of esters is 1. The summed E-state index contributed by atoms with van der Waals surface area (Å²) in [6.45, 7) is 1.86. The maximum atomic E-state index is 13.6. The van der Waals surface area contributed by atoms with Crippen LogP contribution in [0.15, 0.2) is 54.7 Å². The molecule has 0 fully saturated rings. The Bertz CT molecular complexity index is 1090. The molecule has 1 amide bonds. The van der Waals surface area contributed by atoms with Crippen LogP contribution in [0, 0.1) is 0 Å². The molecule has 0 aliphatic rings. The second-order valence-corrected chi connectivity index (χ2v) is 6.67. The van der Waals surface area contributed by atoms with E-state index < -0.39 is 23.4 Å². The van der Waals surface area contributed by atoms with E-state index in [9.17, 15) is 22.8 Å². The summed E-state index contributed by atoms with van der Waals surface area (Å²) >= 11 is 0. The summed E-state index contributed by atoms with van der Waals surface area (Å²) < 4.78 is 51.2. The summed E-state index contributed by atoms with van der Waals surface area (Å²) in [5.74, 6) is -1.48. The SMILES string of the molecule is CCOC(=O)c1cnn(-c2ccc(NC(=O)c3ccc(COC)cc3)cc2)c1C(F)(F)F. The minimum atomic E-state index is -4.83. The third-order valence-corrected chi connectivity index (χ3v) is 4.43. The number of hydrogen-bond acceptors (Lipinski definition) is 5. The van der Waals surface area contributed by atoms with Gasteiger partial charge in [-0.3, -0.25) is 4.79 Å². The zero-order valence-corrected chi connectivity index (χ0v) is 17.3. The maximum absolute atomic E-state index is 13.6. The number of anilines is 1. The molecule has 0 spiro atoms. The van der Waals surface area contributed by atoms with E-state index in [-0.39, 0.29) is 18.2 Å². The minimum Gasteiger partial charge on any atom is -0.462 e. The highest BCUT2D eigenvalue weighted by Gasteiger charge is 2.41. The topological polar surface area (TPSA) is 82.5 Å². The summed E-state index contributed by atoms with van der Waals surface area (Å²) in [4.78, 5) is 24.3. The van der Waals surface area contributed by atoms with Gasteiger partial charge in [0.25, 0.3) is 5.91 Å². The maximum Gasteiger partial charge on any atom is 0.434 e. The number of aromatic nitrogens is 2. The summed E-state index contributed by atoms with van der Waals surface area (Å²) in [7, 11) is 1.57. The van der Waals surface area contributed by atoms with Crippen LogP contribution >= 0.6 is 0 Å². The molecule has 2 aromatic carbocycles. The van der Waals surface area contributed by atoms with E-state index in [2.05, 4.69) is 10.4 Å². The molecule has 0 aliphatic carbocycles. The second-order valence-electron chi connectivity index (χ2n) is 6.67. The van der Waals surface area contributed by atoms with Gasteiger partial charge in [-0.2, -0.15) is 18.3 Å². The third-order valence-electron chi connectivity index (χ3n) is 4.43. The van der Waals surface area contributed by atoms with Crippen molar-refractivity contribution in [3.8, 4) is 5.69 Å². The number of carbonyl (C=O) groups is 2. The fraction of sp³-hybridized carbons (Fsp3) is 0.227. The van der Waals surface area contributed by atoms with Crippen molar-refractivity contribution in [3.05, 3.63) is 77.1 Å². The van der Waals surface area contributed by atoms with Crippen LogP contribution in [0.2, 0.25) is 0 Å². The number of benzene rings is 2. The van der Waals surface area contributed by atoms with E-state index in [1.54, 1.807) is 31.4 Å².